The van der Waals surface area contributed by atoms with Crippen molar-refractivity contribution >= 4 is 39.5 Å². The summed E-state index contributed by atoms with van der Waals surface area (Å²) >= 11 is 0. The number of unbranched alkanes of at least 4 members (excludes halogenated alkanes) is 41. The molecule has 0 amide bonds. The van der Waals surface area contributed by atoms with E-state index in [-0.39, 0.29) is 25.7 Å². The monoisotopic (exact) mass is 1470 g/mol. The third kappa shape index (κ3) is 70.4. The lowest BCUT2D eigenvalue weighted by Crippen LogP contribution is -2.30. The maximum Gasteiger partial charge on any atom is 0.472 e. The van der Waals surface area contributed by atoms with Crippen LogP contribution in [0.1, 0.15) is 415 Å². The van der Waals surface area contributed by atoms with Crippen molar-refractivity contribution in [1.82, 2.24) is 0 Å². The van der Waals surface area contributed by atoms with Crippen LogP contribution in [0.3, 0.4) is 0 Å². The number of hydrogen-bond donors (Lipinski definition) is 3. The van der Waals surface area contributed by atoms with Crippen LogP contribution in [0, 0.1) is 23.7 Å². The van der Waals surface area contributed by atoms with Crippen molar-refractivity contribution in [3.05, 3.63) is 0 Å². The molecule has 0 saturated heterocycles. The SMILES string of the molecule is CCC(C)CCCCCCCCCCCCCCCCCCCCC(=O)O[C@H](COC(=O)CCCCCCCCC(C)CC)COP(=O)(O)OC[C@H](O)COP(=O)(O)OC[C@@H](COC(=O)CCCCCCCCC(C)CC)OC(=O)CCCCCCCCCCCCCCCCCC(C)C. The Balaban J connectivity index is 5.17. The van der Waals surface area contributed by atoms with E-state index >= 15 is 0 Å². The van der Waals surface area contributed by atoms with Gasteiger partial charge in [0.25, 0.3) is 0 Å². The Hall–Kier alpha value is -1.94. The molecule has 0 aliphatic heterocycles. The molecule has 0 aromatic carbocycles. The van der Waals surface area contributed by atoms with Gasteiger partial charge in [-0.3, -0.25) is 37.3 Å². The van der Waals surface area contributed by atoms with Crippen molar-refractivity contribution in [1.29, 1.82) is 0 Å². The van der Waals surface area contributed by atoms with Crippen LogP contribution in [-0.4, -0.2) is 96.7 Å². The van der Waals surface area contributed by atoms with E-state index in [1.54, 1.807) is 0 Å². The smallest absolute Gasteiger partial charge is 0.462 e. The van der Waals surface area contributed by atoms with Gasteiger partial charge < -0.3 is 33.8 Å². The fourth-order valence-corrected chi connectivity index (χ4v) is 13.9. The largest absolute Gasteiger partial charge is 0.472 e. The van der Waals surface area contributed by atoms with Gasteiger partial charge in [0.05, 0.1) is 26.4 Å². The number of hydrogen-bond acceptors (Lipinski definition) is 15. The lowest BCUT2D eigenvalue weighted by Gasteiger charge is -2.21. The van der Waals surface area contributed by atoms with Crippen LogP contribution in [0.25, 0.3) is 0 Å². The van der Waals surface area contributed by atoms with Gasteiger partial charge in [0.1, 0.15) is 19.3 Å². The highest BCUT2D eigenvalue weighted by Gasteiger charge is 2.30. The summed E-state index contributed by atoms with van der Waals surface area (Å²) in [7, 11) is -9.92. The number of aliphatic hydroxyl groups is 1. The van der Waals surface area contributed by atoms with E-state index in [1.165, 1.54) is 205 Å². The molecule has 0 fully saturated rings. The van der Waals surface area contributed by atoms with Crippen LogP contribution in [0.2, 0.25) is 0 Å². The second kappa shape index (κ2) is 70.1. The molecule has 3 N–H and O–H groups in total. The molecular weight excluding hydrogens is 1310 g/mol. The Labute approximate surface area is 613 Å². The molecule has 8 atom stereocenters. The van der Waals surface area contributed by atoms with Crippen molar-refractivity contribution in [2.75, 3.05) is 39.6 Å². The van der Waals surface area contributed by atoms with Crippen molar-refractivity contribution in [2.24, 2.45) is 23.7 Å². The average molecular weight is 1470 g/mol. The van der Waals surface area contributed by atoms with E-state index in [2.05, 4.69) is 55.4 Å². The van der Waals surface area contributed by atoms with Crippen molar-refractivity contribution in [3.8, 4) is 0 Å². The van der Waals surface area contributed by atoms with Crippen LogP contribution in [-0.2, 0) is 65.4 Å². The lowest BCUT2D eigenvalue weighted by molar-refractivity contribution is -0.161. The van der Waals surface area contributed by atoms with Gasteiger partial charge in [-0.2, -0.15) is 0 Å². The molecule has 0 saturated carbocycles. The Morgan fingerprint density at radius 3 is 0.710 bits per heavy atom. The molecule has 19 heteroatoms. The number of ether oxygens (including phenoxy) is 4. The molecule has 594 valence electrons. The zero-order chi connectivity index (χ0) is 73.8. The van der Waals surface area contributed by atoms with Gasteiger partial charge in [0.15, 0.2) is 12.2 Å². The lowest BCUT2D eigenvalue weighted by atomic mass is 9.99. The summed E-state index contributed by atoms with van der Waals surface area (Å²) in [5.74, 6) is 1.02. The quantitative estimate of drug-likeness (QED) is 0.0222. The van der Waals surface area contributed by atoms with Crippen molar-refractivity contribution < 1.29 is 80.2 Å². The van der Waals surface area contributed by atoms with Crippen molar-refractivity contribution in [3.63, 3.8) is 0 Å². The molecule has 0 aliphatic carbocycles. The molecule has 0 bridgehead atoms. The highest BCUT2D eigenvalue weighted by atomic mass is 31.2. The highest BCUT2D eigenvalue weighted by Crippen LogP contribution is 2.45. The first-order valence-corrected chi connectivity index (χ1v) is 44.8. The maximum absolute atomic E-state index is 13.1. The Morgan fingerprint density at radius 1 is 0.280 bits per heavy atom. The van der Waals surface area contributed by atoms with Gasteiger partial charge >= 0.3 is 39.5 Å². The summed E-state index contributed by atoms with van der Waals surface area (Å²) in [5.41, 5.74) is 0. The number of phosphoric acid groups is 2. The summed E-state index contributed by atoms with van der Waals surface area (Å²) in [6.07, 6.45) is 57.0. The molecule has 0 heterocycles. The van der Waals surface area contributed by atoms with Crippen LogP contribution in [0.5, 0.6) is 0 Å². The van der Waals surface area contributed by atoms with E-state index in [0.717, 1.165) is 126 Å². The fourth-order valence-electron chi connectivity index (χ4n) is 12.3. The van der Waals surface area contributed by atoms with Crippen molar-refractivity contribution in [2.45, 2.75) is 433 Å². The van der Waals surface area contributed by atoms with Crippen LogP contribution in [0.15, 0.2) is 0 Å². The third-order valence-electron chi connectivity index (χ3n) is 19.9. The predicted octanol–water partition coefficient (Wildman–Crippen LogP) is 24.0. The Morgan fingerprint density at radius 2 is 0.480 bits per heavy atom. The molecule has 0 radical (unpaired) electrons. The van der Waals surface area contributed by atoms with E-state index in [0.29, 0.717) is 25.7 Å². The minimum Gasteiger partial charge on any atom is -0.462 e. The maximum atomic E-state index is 13.1. The number of esters is 4. The molecule has 5 unspecified atom stereocenters. The molecule has 0 aliphatic rings. The Bertz CT molecular complexity index is 1960. The van der Waals surface area contributed by atoms with Crippen LogP contribution < -0.4 is 0 Å². The number of phosphoric ester groups is 2. The van der Waals surface area contributed by atoms with Gasteiger partial charge in [-0.05, 0) is 49.4 Å². The number of carbonyl (C=O) groups is 4. The third-order valence-corrected chi connectivity index (χ3v) is 21.8. The molecule has 0 rings (SSSR count). The predicted molar refractivity (Wildman–Crippen MR) is 409 cm³/mol. The topological polar surface area (TPSA) is 237 Å². The second-order valence-electron chi connectivity index (χ2n) is 30.4. The summed E-state index contributed by atoms with van der Waals surface area (Å²) < 4.78 is 68.6. The molecule has 0 aromatic heterocycles. The fraction of sp³-hybridized carbons (Fsp3) is 0.951. The van der Waals surface area contributed by atoms with Gasteiger partial charge in [0.2, 0.25) is 0 Å². The minimum absolute atomic E-state index is 0.106. The van der Waals surface area contributed by atoms with Gasteiger partial charge in [-0.1, -0.05) is 364 Å². The molecule has 17 nitrogen and oxygen atoms in total. The number of aliphatic hydroxyl groups excluding tert-OH is 1. The van der Waals surface area contributed by atoms with Gasteiger partial charge in [0, 0.05) is 25.7 Å². The zero-order valence-electron chi connectivity index (χ0n) is 65.8. The number of rotatable bonds is 78. The summed E-state index contributed by atoms with van der Waals surface area (Å²) in [6.45, 7) is 14.3. The molecule has 0 spiro atoms. The van der Waals surface area contributed by atoms with E-state index < -0.39 is 97.5 Å². The number of carbonyl (C=O) groups excluding carboxylic acids is 4. The molecule has 0 aromatic rings. The molecule has 100 heavy (non-hydrogen) atoms. The summed E-state index contributed by atoms with van der Waals surface area (Å²) in [4.78, 5) is 72.9. The first kappa shape index (κ1) is 98.1. The van der Waals surface area contributed by atoms with E-state index in [1.807, 2.05) is 0 Å². The standard InChI is InChI=1S/C81H158O17P2/c1-9-72(6)58-50-42-34-30-26-22-18-14-12-13-15-19-23-27-31-35-47-55-63-80(85)97-76(67-91-78(83)61-53-45-39-37-43-51-59-73(7)10-2)69-95-99(87,88)93-65-75(82)66-94-100(89,90)96-70-77(68-92-79(84)62-54-46-40-38-44-52-60-74(8)11-3)98-81(86)64-56-48-36-32-28-24-20-16-17-21-25-29-33-41-49-57-71(4)5/h71-77,82H,9-70H2,1-8H3,(H,87,88)(H,89,90)/t72?,73?,74?,75-,76+,77+/m0/s1. The van der Waals surface area contributed by atoms with Gasteiger partial charge in [-0.25, -0.2) is 9.13 Å². The van der Waals surface area contributed by atoms with E-state index in [4.69, 9.17) is 37.0 Å². The summed E-state index contributed by atoms with van der Waals surface area (Å²) in [6, 6.07) is 0. The minimum atomic E-state index is -4.96. The first-order valence-electron chi connectivity index (χ1n) is 41.8. The normalized spacial score (nSPS) is 14.8. The van der Waals surface area contributed by atoms with Gasteiger partial charge in [-0.15, -0.1) is 0 Å². The average Bonchev–Trinajstić information content (AvgIpc) is 1.07. The summed E-state index contributed by atoms with van der Waals surface area (Å²) in [5, 5.41) is 10.6. The molecular formula is C81H158O17P2. The Kier molecular flexibility index (Phi) is 68.7. The van der Waals surface area contributed by atoms with Crippen LogP contribution >= 0.6 is 15.6 Å². The van der Waals surface area contributed by atoms with E-state index in [9.17, 15) is 43.2 Å². The second-order valence-corrected chi connectivity index (χ2v) is 33.3. The zero-order valence-corrected chi connectivity index (χ0v) is 67.6. The first-order chi connectivity index (χ1) is 48.2. The highest BCUT2D eigenvalue weighted by molar-refractivity contribution is 7.47. The van der Waals surface area contributed by atoms with Crippen LogP contribution in [0.4, 0.5) is 0 Å².